The second kappa shape index (κ2) is 7.36. The minimum atomic E-state index is -0.605. The zero-order valence-electron chi connectivity index (χ0n) is 13.4. The lowest BCUT2D eigenvalue weighted by Gasteiger charge is -2.08. The van der Waals surface area contributed by atoms with Gasteiger partial charge in [-0.25, -0.2) is 14.4 Å². The molecule has 7 nitrogen and oxygen atoms in total. The third-order valence-electron chi connectivity index (χ3n) is 3.25. The quantitative estimate of drug-likeness (QED) is 0.626. The maximum absolute atomic E-state index is 11.8. The number of hydrogen-bond donors (Lipinski definition) is 0. The summed E-state index contributed by atoms with van der Waals surface area (Å²) in [7, 11) is 3.75. The smallest absolute Gasteiger partial charge is 0.337 e. The number of ether oxygens (including phenoxy) is 3. The van der Waals surface area contributed by atoms with Gasteiger partial charge >= 0.3 is 17.9 Å². The van der Waals surface area contributed by atoms with Crippen LogP contribution in [0.4, 0.5) is 0 Å². The van der Waals surface area contributed by atoms with Gasteiger partial charge in [-0.2, -0.15) is 0 Å². The van der Waals surface area contributed by atoms with E-state index in [9.17, 15) is 14.4 Å². The third kappa shape index (κ3) is 3.57. The van der Waals surface area contributed by atoms with E-state index in [-0.39, 0.29) is 11.1 Å². The standard InChI is InChI=1S/C17H15NO6/c1-22-15(19)10-4-5-18-14(9-10)11-6-12(16(20)23-2)8-13(7-11)17(21)24-3/h4-9H,1-3H3. The molecule has 0 aliphatic rings. The van der Waals surface area contributed by atoms with Gasteiger partial charge in [0.1, 0.15) is 0 Å². The molecule has 0 spiro atoms. The van der Waals surface area contributed by atoms with Gasteiger partial charge in [0, 0.05) is 11.8 Å². The van der Waals surface area contributed by atoms with E-state index in [1.165, 1.54) is 57.9 Å². The monoisotopic (exact) mass is 329 g/mol. The molecule has 0 aliphatic heterocycles. The Hall–Kier alpha value is -3.22. The molecular weight excluding hydrogens is 314 g/mol. The van der Waals surface area contributed by atoms with Crippen molar-refractivity contribution in [3.05, 3.63) is 53.2 Å². The Morgan fingerprint density at radius 1 is 0.750 bits per heavy atom. The van der Waals surface area contributed by atoms with Gasteiger partial charge in [-0.05, 0) is 30.3 Å². The predicted molar refractivity (Wildman–Crippen MR) is 83.7 cm³/mol. The number of nitrogens with zero attached hydrogens (tertiary/aromatic N) is 1. The molecule has 0 aliphatic carbocycles. The van der Waals surface area contributed by atoms with E-state index >= 15 is 0 Å². The number of pyridine rings is 1. The molecule has 7 heteroatoms. The van der Waals surface area contributed by atoms with Crippen LogP contribution in [0.25, 0.3) is 11.3 Å². The van der Waals surface area contributed by atoms with E-state index in [1.54, 1.807) is 0 Å². The van der Waals surface area contributed by atoms with Crippen LogP contribution in [0.15, 0.2) is 36.5 Å². The fraction of sp³-hybridized carbons (Fsp3) is 0.176. The fourth-order valence-electron chi connectivity index (χ4n) is 2.08. The molecule has 0 atom stereocenters. The Kier molecular flexibility index (Phi) is 5.26. The predicted octanol–water partition coefficient (Wildman–Crippen LogP) is 2.11. The first-order chi connectivity index (χ1) is 11.5. The van der Waals surface area contributed by atoms with Gasteiger partial charge in [0.05, 0.1) is 43.7 Å². The van der Waals surface area contributed by atoms with E-state index in [0.29, 0.717) is 16.8 Å². The maximum atomic E-state index is 11.8. The molecule has 0 unspecified atom stereocenters. The average Bonchev–Trinajstić information content (AvgIpc) is 2.65. The fourth-order valence-corrected chi connectivity index (χ4v) is 2.08. The molecule has 1 aromatic carbocycles. The maximum Gasteiger partial charge on any atom is 0.337 e. The van der Waals surface area contributed by atoms with Crippen molar-refractivity contribution in [1.29, 1.82) is 0 Å². The second-order valence-corrected chi connectivity index (χ2v) is 4.70. The largest absolute Gasteiger partial charge is 0.465 e. The molecule has 1 aromatic heterocycles. The van der Waals surface area contributed by atoms with Gasteiger partial charge in [0.25, 0.3) is 0 Å². The number of carbonyl (C=O) groups is 3. The van der Waals surface area contributed by atoms with Crippen LogP contribution in [0.2, 0.25) is 0 Å². The van der Waals surface area contributed by atoms with Gasteiger partial charge in [0.15, 0.2) is 0 Å². The molecule has 0 fully saturated rings. The molecule has 124 valence electrons. The highest BCUT2D eigenvalue weighted by Gasteiger charge is 2.16. The number of esters is 3. The van der Waals surface area contributed by atoms with Crippen molar-refractivity contribution in [2.75, 3.05) is 21.3 Å². The highest BCUT2D eigenvalue weighted by molar-refractivity contribution is 5.97. The van der Waals surface area contributed by atoms with Crippen molar-refractivity contribution in [2.45, 2.75) is 0 Å². The summed E-state index contributed by atoms with van der Waals surface area (Å²) in [5, 5.41) is 0. The molecule has 2 rings (SSSR count). The highest BCUT2D eigenvalue weighted by Crippen LogP contribution is 2.23. The molecule has 2 aromatic rings. The lowest BCUT2D eigenvalue weighted by atomic mass is 10.0. The number of methoxy groups -OCH3 is 3. The van der Waals surface area contributed by atoms with Crippen LogP contribution in [-0.4, -0.2) is 44.2 Å². The summed E-state index contributed by atoms with van der Waals surface area (Å²) in [6.45, 7) is 0. The van der Waals surface area contributed by atoms with E-state index < -0.39 is 17.9 Å². The molecular formula is C17H15NO6. The molecule has 0 amide bonds. The average molecular weight is 329 g/mol. The van der Waals surface area contributed by atoms with Crippen molar-refractivity contribution < 1.29 is 28.6 Å². The Bertz CT molecular complexity index is 765. The zero-order chi connectivity index (χ0) is 17.7. The summed E-state index contributed by atoms with van der Waals surface area (Å²) in [4.78, 5) is 39.4. The number of benzene rings is 1. The van der Waals surface area contributed by atoms with Crippen LogP contribution >= 0.6 is 0 Å². The number of carbonyl (C=O) groups excluding carboxylic acids is 3. The van der Waals surface area contributed by atoms with Crippen molar-refractivity contribution in [2.24, 2.45) is 0 Å². The molecule has 0 radical (unpaired) electrons. The third-order valence-corrected chi connectivity index (χ3v) is 3.25. The molecule has 0 saturated carbocycles. The van der Waals surface area contributed by atoms with Crippen LogP contribution < -0.4 is 0 Å². The summed E-state index contributed by atoms with van der Waals surface area (Å²) in [6, 6.07) is 7.40. The topological polar surface area (TPSA) is 91.8 Å². The zero-order valence-corrected chi connectivity index (χ0v) is 13.4. The molecule has 0 saturated heterocycles. The SMILES string of the molecule is COC(=O)c1cc(C(=O)OC)cc(-c2cc(C(=O)OC)ccn2)c1. The lowest BCUT2D eigenvalue weighted by molar-refractivity contribution is 0.0587. The second-order valence-electron chi connectivity index (χ2n) is 4.70. The Morgan fingerprint density at radius 3 is 1.75 bits per heavy atom. The first-order valence-corrected chi connectivity index (χ1v) is 6.86. The lowest BCUT2D eigenvalue weighted by Crippen LogP contribution is -2.07. The van der Waals surface area contributed by atoms with Crippen molar-refractivity contribution in [1.82, 2.24) is 4.98 Å². The van der Waals surface area contributed by atoms with E-state index in [1.807, 2.05) is 0 Å². The van der Waals surface area contributed by atoms with E-state index in [2.05, 4.69) is 19.2 Å². The van der Waals surface area contributed by atoms with Crippen LogP contribution in [0.1, 0.15) is 31.1 Å². The summed E-state index contributed by atoms with van der Waals surface area (Å²) in [5.41, 5.74) is 1.49. The van der Waals surface area contributed by atoms with Crippen molar-refractivity contribution in [3.63, 3.8) is 0 Å². The molecule has 24 heavy (non-hydrogen) atoms. The van der Waals surface area contributed by atoms with Gasteiger partial charge in [0.2, 0.25) is 0 Å². The van der Waals surface area contributed by atoms with Crippen LogP contribution in [-0.2, 0) is 14.2 Å². The minimum Gasteiger partial charge on any atom is -0.465 e. The molecule has 0 bridgehead atoms. The van der Waals surface area contributed by atoms with Gasteiger partial charge in [-0.15, -0.1) is 0 Å². The summed E-state index contributed by atoms with van der Waals surface area (Å²) in [5.74, 6) is -1.73. The van der Waals surface area contributed by atoms with Crippen LogP contribution in [0.5, 0.6) is 0 Å². The first-order valence-electron chi connectivity index (χ1n) is 6.86. The summed E-state index contributed by atoms with van der Waals surface area (Å²) < 4.78 is 14.0. The Balaban J connectivity index is 2.58. The van der Waals surface area contributed by atoms with E-state index in [4.69, 9.17) is 0 Å². The van der Waals surface area contributed by atoms with Crippen molar-refractivity contribution in [3.8, 4) is 11.3 Å². The number of hydrogen-bond acceptors (Lipinski definition) is 7. The van der Waals surface area contributed by atoms with Crippen molar-refractivity contribution >= 4 is 17.9 Å². The molecule has 1 heterocycles. The summed E-state index contributed by atoms with van der Waals surface area (Å²) >= 11 is 0. The normalized spacial score (nSPS) is 9.96. The Morgan fingerprint density at radius 2 is 1.25 bits per heavy atom. The van der Waals surface area contributed by atoms with Crippen LogP contribution in [0.3, 0.4) is 0 Å². The summed E-state index contributed by atoms with van der Waals surface area (Å²) in [6.07, 6.45) is 1.43. The Labute approximate surface area is 138 Å². The first kappa shape index (κ1) is 17.1. The van der Waals surface area contributed by atoms with E-state index in [0.717, 1.165) is 0 Å². The van der Waals surface area contributed by atoms with Crippen LogP contribution in [0, 0.1) is 0 Å². The molecule has 0 N–H and O–H groups in total. The van der Waals surface area contributed by atoms with Gasteiger partial charge in [-0.1, -0.05) is 0 Å². The van der Waals surface area contributed by atoms with Gasteiger partial charge < -0.3 is 14.2 Å². The van der Waals surface area contributed by atoms with Gasteiger partial charge in [-0.3, -0.25) is 4.98 Å². The minimum absolute atomic E-state index is 0.167. The highest BCUT2D eigenvalue weighted by atomic mass is 16.5. The number of aromatic nitrogens is 1. The number of rotatable bonds is 4.